The van der Waals surface area contributed by atoms with E-state index in [2.05, 4.69) is 4.90 Å². The summed E-state index contributed by atoms with van der Waals surface area (Å²) in [5.74, 6) is 0.0647. The lowest BCUT2D eigenvalue weighted by molar-refractivity contribution is -0.0236. The standard InChI is InChI=1S/C14H26N2O4S/c1-15-7-8-20-13(10-15)11-21(18,19)16-6-3-12(17)9-14(16)4-2-5-14/h12-13,17H,2-11H2,1H3. The summed E-state index contributed by atoms with van der Waals surface area (Å²) in [7, 11) is -1.33. The molecule has 0 radical (unpaired) electrons. The number of aliphatic hydroxyl groups is 1. The summed E-state index contributed by atoms with van der Waals surface area (Å²) >= 11 is 0. The second-order valence-corrected chi connectivity index (χ2v) is 8.77. The minimum Gasteiger partial charge on any atom is -0.393 e. The lowest BCUT2D eigenvalue weighted by Crippen LogP contribution is -2.62. The Bertz CT molecular complexity index is 477. The molecular weight excluding hydrogens is 292 g/mol. The molecule has 2 heterocycles. The van der Waals surface area contributed by atoms with Crippen LogP contribution in [-0.2, 0) is 14.8 Å². The highest BCUT2D eigenvalue weighted by Crippen LogP contribution is 2.46. The van der Waals surface area contributed by atoms with Crippen molar-refractivity contribution in [3.63, 3.8) is 0 Å². The molecule has 2 saturated heterocycles. The molecule has 3 rings (SSSR count). The maximum Gasteiger partial charge on any atom is 0.217 e. The zero-order chi connectivity index (χ0) is 15.1. The molecule has 1 spiro atoms. The van der Waals surface area contributed by atoms with Crippen molar-refractivity contribution in [2.75, 3.05) is 39.0 Å². The molecule has 122 valence electrons. The molecule has 2 unspecified atom stereocenters. The van der Waals surface area contributed by atoms with Crippen LogP contribution >= 0.6 is 0 Å². The Hall–Kier alpha value is -0.210. The number of hydrogen-bond donors (Lipinski definition) is 1. The Morgan fingerprint density at radius 1 is 1.33 bits per heavy atom. The first-order valence-corrected chi connectivity index (χ1v) is 9.51. The highest BCUT2D eigenvalue weighted by Gasteiger charge is 2.51. The van der Waals surface area contributed by atoms with E-state index in [1.54, 1.807) is 4.31 Å². The van der Waals surface area contributed by atoms with Gasteiger partial charge >= 0.3 is 0 Å². The molecule has 6 nitrogen and oxygen atoms in total. The van der Waals surface area contributed by atoms with Gasteiger partial charge in [0.15, 0.2) is 0 Å². The van der Waals surface area contributed by atoms with Crippen LogP contribution in [0.3, 0.4) is 0 Å². The van der Waals surface area contributed by atoms with Crippen LogP contribution in [0.4, 0.5) is 0 Å². The summed E-state index contributed by atoms with van der Waals surface area (Å²) in [6, 6.07) is 0. The number of likely N-dealkylation sites (N-methyl/N-ethyl adjacent to an activating group) is 1. The van der Waals surface area contributed by atoms with Gasteiger partial charge in [-0.05, 0) is 39.2 Å². The molecule has 7 heteroatoms. The van der Waals surface area contributed by atoms with Gasteiger partial charge in [-0.2, -0.15) is 4.31 Å². The lowest BCUT2D eigenvalue weighted by Gasteiger charge is -2.53. The lowest BCUT2D eigenvalue weighted by atomic mass is 9.71. The largest absolute Gasteiger partial charge is 0.393 e. The zero-order valence-electron chi connectivity index (χ0n) is 12.7. The maximum atomic E-state index is 12.8. The Morgan fingerprint density at radius 2 is 2.10 bits per heavy atom. The molecule has 0 aromatic rings. The molecule has 0 bridgehead atoms. The number of hydrogen-bond acceptors (Lipinski definition) is 5. The van der Waals surface area contributed by atoms with E-state index in [9.17, 15) is 13.5 Å². The van der Waals surface area contributed by atoms with Gasteiger partial charge in [0.2, 0.25) is 10.0 Å². The zero-order valence-corrected chi connectivity index (χ0v) is 13.5. The number of rotatable bonds is 3. The minimum absolute atomic E-state index is 0.0647. The van der Waals surface area contributed by atoms with Crippen molar-refractivity contribution in [1.29, 1.82) is 0 Å². The molecule has 0 amide bonds. The van der Waals surface area contributed by atoms with Crippen molar-refractivity contribution in [3.8, 4) is 0 Å². The van der Waals surface area contributed by atoms with Crippen molar-refractivity contribution in [2.24, 2.45) is 0 Å². The molecule has 1 saturated carbocycles. The molecule has 3 aliphatic rings. The summed E-state index contributed by atoms with van der Waals surface area (Å²) in [6.45, 7) is 2.58. The monoisotopic (exact) mass is 318 g/mol. The van der Waals surface area contributed by atoms with Crippen molar-refractivity contribution < 1.29 is 18.3 Å². The third-order valence-corrected chi connectivity index (χ3v) is 7.20. The van der Waals surface area contributed by atoms with E-state index >= 15 is 0 Å². The van der Waals surface area contributed by atoms with E-state index in [-0.39, 0.29) is 23.5 Å². The Labute approximate surface area is 127 Å². The van der Waals surface area contributed by atoms with Crippen LogP contribution in [0.5, 0.6) is 0 Å². The average molecular weight is 318 g/mol. The van der Waals surface area contributed by atoms with E-state index in [1.165, 1.54) is 0 Å². The van der Waals surface area contributed by atoms with Gasteiger partial charge < -0.3 is 14.7 Å². The fraction of sp³-hybridized carbons (Fsp3) is 1.00. The minimum atomic E-state index is -3.33. The number of piperidine rings is 1. The Balaban J connectivity index is 1.71. The highest BCUT2D eigenvalue weighted by atomic mass is 32.2. The highest BCUT2D eigenvalue weighted by molar-refractivity contribution is 7.89. The Morgan fingerprint density at radius 3 is 2.71 bits per heavy atom. The summed E-state index contributed by atoms with van der Waals surface area (Å²) in [5.41, 5.74) is -0.308. The van der Waals surface area contributed by atoms with Gasteiger partial charge in [0.05, 0.1) is 24.6 Å². The van der Waals surface area contributed by atoms with Gasteiger partial charge in [-0.15, -0.1) is 0 Å². The predicted molar refractivity (Wildman–Crippen MR) is 79.6 cm³/mol. The number of nitrogens with zero attached hydrogens (tertiary/aromatic N) is 2. The number of sulfonamides is 1. The van der Waals surface area contributed by atoms with E-state index in [0.29, 0.717) is 32.5 Å². The normalized spacial score (nSPS) is 34.8. The SMILES string of the molecule is CN1CCOC(CS(=O)(=O)N2CCC(O)CC23CCC3)C1. The topological polar surface area (TPSA) is 70.1 Å². The summed E-state index contributed by atoms with van der Waals surface area (Å²) < 4.78 is 33.0. The molecule has 1 aliphatic carbocycles. The summed E-state index contributed by atoms with van der Waals surface area (Å²) in [6.07, 6.45) is 3.38. The summed E-state index contributed by atoms with van der Waals surface area (Å²) in [4.78, 5) is 2.11. The Kier molecular flexibility index (Phi) is 4.31. The molecule has 0 aromatic carbocycles. The summed E-state index contributed by atoms with van der Waals surface area (Å²) in [5, 5.41) is 9.90. The third-order valence-electron chi connectivity index (χ3n) is 5.17. The average Bonchev–Trinajstić information content (AvgIpc) is 2.35. The van der Waals surface area contributed by atoms with Crippen LogP contribution in [-0.4, -0.2) is 79.5 Å². The second-order valence-electron chi connectivity index (χ2n) is 6.83. The molecular formula is C14H26N2O4S. The smallest absolute Gasteiger partial charge is 0.217 e. The van der Waals surface area contributed by atoms with Crippen LogP contribution in [0, 0.1) is 0 Å². The number of ether oxygens (including phenoxy) is 1. The number of morpholine rings is 1. The molecule has 21 heavy (non-hydrogen) atoms. The quantitative estimate of drug-likeness (QED) is 0.795. The van der Waals surface area contributed by atoms with Crippen molar-refractivity contribution in [1.82, 2.24) is 9.21 Å². The molecule has 1 N–H and O–H groups in total. The van der Waals surface area contributed by atoms with Crippen molar-refractivity contribution >= 4 is 10.0 Å². The van der Waals surface area contributed by atoms with Crippen molar-refractivity contribution in [3.05, 3.63) is 0 Å². The first kappa shape index (κ1) is 15.7. The third kappa shape index (κ3) is 3.12. The van der Waals surface area contributed by atoms with Gasteiger partial charge in [-0.25, -0.2) is 8.42 Å². The molecule has 2 atom stereocenters. The second kappa shape index (κ2) is 5.77. The predicted octanol–water partition coefficient (Wildman–Crippen LogP) is 0.0262. The van der Waals surface area contributed by atoms with E-state index in [0.717, 1.165) is 25.8 Å². The number of aliphatic hydroxyl groups excluding tert-OH is 1. The van der Waals surface area contributed by atoms with Crippen LogP contribution in [0.15, 0.2) is 0 Å². The molecule has 3 fully saturated rings. The van der Waals surface area contributed by atoms with Crippen LogP contribution in [0.1, 0.15) is 32.1 Å². The van der Waals surface area contributed by atoms with Gasteiger partial charge in [-0.1, -0.05) is 0 Å². The molecule has 2 aliphatic heterocycles. The van der Waals surface area contributed by atoms with Gasteiger partial charge in [0.1, 0.15) is 0 Å². The van der Waals surface area contributed by atoms with Crippen LogP contribution in [0.2, 0.25) is 0 Å². The fourth-order valence-corrected chi connectivity index (χ4v) is 5.99. The van der Waals surface area contributed by atoms with Gasteiger partial charge in [-0.3, -0.25) is 0 Å². The van der Waals surface area contributed by atoms with Crippen molar-refractivity contribution in [2.45, 2.75) is 49.9 Å². The van der Waals surface area contributed by atoms with Gasteiger partial charge in [0.25, 0.3) is 0 Å². The fourth-order valence-electron chi connectivity index (χ4n) is 3.91. The first-order chi connectivity index (χ1) is 9.91. The van der Waals surface area contributed by atoms with E-state index in [4.69, 9.17) is 4.74 Å². The van der Waals surface area contributed by atoms with Crippen LogP contribution < -0.4 is 0 Å². The van der Waals surface area contributed by atoms with Gasteiger partial charge in [0, 0.05) is 25.2 Å². The molecule has 0 aromatic heterocycles. The first-order valence-electron chi connectivity index (χ1n) is 7.90. The van der Waals surface area contributed by atoms with E-state index in [1.807, 2.05) is 7.05 Å². The van der Waals surface area contributed by atoms with E-state index < -0.39 is 10.0 Å². The maximum absolute atomic E-state index is 12.8. The van der Waals surface area contributed by atoms with Crippen LogP contribution in [0.25, 0.3) is 0 Å².